The third-order valence-corrected chi connectivity index (χ3v) is 2.75. The van der Waals surface area contributed by atoms with Gasteiger partial charge in [-0.2, -0.15) is 0 Å². The molecule has 1 heterocycles. The monoisotopic (exact) mass is 159 g/mol. The number of fused-ring (bicyclic) bond motifs is 2. The zero-order valence-corrected chi connectivity index (χ0v) is 6.20. The summed E-state index contributed by atoms with van der Waals surface area (Å²) < 4.78 is 0. The SMILES string of the molecule is OC1NC2(O)CCC(C2)C1O. The number of aliphatic hydroxyl groups excluding tert-OH is 2. The lowest BCUT2D eigenvalue weighted by molar-refractivity contribution is -0.126. The van der Waals surface area contributed by atoms with Gasteiger partial charge in [-0.15, -0.1) is 0 Å². The quantitative estimate of drug-likeness (QED) is 0.356. The molecule has 4 nitrogen and oxygen atoms in total. The predicted octanol–water partition coefficient (Wildman–Crippen LogP) is -1.24. The Kier molecular flexibility index (Phi) is 1.47. The van der Waals surface area contributed by atoms with Gasteiger partial charge in [0.05, 0.1) is 6.10 Å². The fourth-order valence-electron chi connectivity index (χ4n) is 2.10. The Morgan fingerprint density at radius 3 is 2.82 bits per heavy atom. The van der Waals surface area contributed by atoms with E-state index in [1.807, 2.05) is 0 Å². The molecule has 2 rings (SSSR count). The molecule has 0 aromatic carbocycles. The first kappa shape index (κ1) is 7.49. The van der Waals surface area contributed by atoms with Crippen molar-refractivity contribution in [2.75, 3.05) is 0 Å². The first-order valence-electron chi connectivity index (χ1n) is 3.97. The van der Waals surface area contributed by atoms with E-state index in [0.29, 0.717) is 12.8 Å². The van der Waals surface area contributed by atoms with Crippen molar-refractivity contribution in [2.45, 2.75) is 37.3 Å². The van der Waals surface area contributed by atoms with Crippen LogP contribution in [0.15, 0.2) is 0 Å². The van der Waals surface area contributed by atoms with Crippen LogP contribution in [0, 0.1) is 5.92 Å². The second-order valence-electron chi connectivity index (χ2n) is 3.61. The van der Waals surface area contributed by atoms with Crippen LogP contribution in [0.5, 0.6) is 0 Å². The van der Waals surface area contributed by atoms with Crippen LogP contribution in [-0.2, 0) is 0 Å². The Labute approximate surface area is 64.8 Å². The molecule has 4 heteroatoms. The molecule has 0 aromatic heterocycles. The van der Waals surface area contributed by atoms with Crippen molar-refractivity contribution < 1.29 is 15.3 Å². The van der Waals surface area contributed by atoms with Crippen molar-refractivity contribution in [3.8, 4) is 0 Å². The number of aliphatic hydroxyl groups is 3. The molecule has 1 saturated carbocycles. The molecular weight excluding hydrogens is 146 g/mol. The zero-order valence-electron chi connectivity index (χ0n) is 6.20. The average Bonchev–Trinajstić information content (AvgIpc) is 2.25. The van der Waals surface area contributed by atoms with E-state index in [4.69, 9.17) is 0 Å². The fraction of sp³-hybridized carbons (Fsp3) is 1.00. The zero-order chi connectivity index (χ0) is 8.06. The predicted molar refractivity (Wildman–Crippen MR) is 37.4 cm³/mol. The second kappa shape index (κ2) is 2.17. The molecular formula is C7H13NO3. The van der Waals surface area contributed by atoms with E-state index >= 15 is 0 Å². The third-order valence-electron chi connectivity index (χ3n) is 2.75. The fourth-order valence-corrected chi connectivity index (χ4v) is 2.10. The van der Waals surface area contributed by atoms with Crippen LogP contribution >= 0.6 is 0 Å². The number of rotatable bonds is 0. The Morgan fingerprint density at radius 2 is 2.09 bits per heavy atom. The number of piperidine rings is 1. The summed E-state index contributed by atoms with van der Waals surface area (Å²) in [5.74, 6) is 0.0660. The first-order chi connectivity index (χ1) is 5.11. The summed E-state index contributed by atoms with van der Waals surface area (Å²) in [6.07, 6.45) is 0.317. The normalized spacial score (nSPS) is 56.5. The average molecular weight is 159 g/mol. The maximum Gasteiger partial charge on any atom is 0.133 e. The molecule has 0 radical (unpaired) electrons. The van der Waals surface area contributed by atoms with Gasteiger partial charge in [0.1, 0.15) is 12.0 Å². The van der Waals surface area contributed by atoms with E-state index in [1.165, 1.54) is 0 Å². The summed E-state index contributed by atoms with van der Waals surface area (Å²) >= 11 is 0. The van der Waals surface area contributed by atoms with Crippen LogP contribution in [0.25, 0.3) is 0 Å². The molecule has 1 saturated heterocycles. The Hall–Kier alpha value is -0.160. The minimum atomic E-state index is -0.957. The Morgan fingerprint density at radius 1 is 1.36 bits per heavy atom. The van der Waals surface area contributed by atoms with Gasteiger partial charge in [-0.1, -0.05) is 0 Å². The van der Waals surface area contributed by atoms with E-state index in [9.17, 15) is 15.3 Å². The number of nitrogens with one attached hydrogen (secondary N) is 1. The van der Waals surface area contributed by atoms with Gasteiger partial charge >= 0.3 is 0 Å². The summed E-state index contributed by atoms with van der Waals surface area (Å²) in [5.41, 5.74) is -0.913. The molecule has 1 aliphatic carbocycles. The topological polar surface area (TPSA) is 72.7 Å². The Balaban J connectivity index is 2.17. The lowest BCUT2D eigenvalue weighted by Crippen LogP contribution is -2.58. The van der Waals surface area contributed by atoms with Gasteiger partial charge in [0.25, 0.3) is 0 Å². The van der Waals surface area contributed by atoms with Crippen molar-refractivity contribution in [2.24, 2.45) is 5.92 Å². The maximum absolute atomic E-state index is 9.63. The van der Waals surface area contributed by atoms with E-state index < -0.39 is 18.1 Å². The van der Waals surface area contributed by atoms with Gasteiger partial charge in [0.2, 0.25) is 0 Å². The highest BCUT2D eigenvalue weighted by molar-refractivity contribution is 4.97. The lowest BCUT2D eigenvalue weighted by Gasteiger charge is -2.36. The molecule has 4 atom stereocenters. The molecule has 0 spiro atoms. The van der Waals surface area contributed by atoms with E-state index in [2.05, 4.69) is 5.32 Å². The smallest absolute Gasteiger partial charge is 0.133 e. The van der Waals surface area contributed by atoms with Gasteiger partial charge < -0.3 is 15.3 Å². The van der Waals surface area contributed by atoms with Crippen LogP contribution in [0.3, 0.4) is 0 Å². The molecule has 4 N–H and O–H groups in total. The Bertz CT molecular complexity index is 175. The van der Waals surface area contributed by atoms with Gasteiger partial charge in [-0.3, -0.25) is 5.32 Å². The summed E-state index contributed by atoms with van der Waals surface area (Å²) in [4.78, 5) is 0. The van der Waals surface area contributed by atoms with Crippen molar-refractivity contribution in [1.82, 2.24) is 5.32 Å². The van der Waals surface area contributed by atoms with Gasteiger partial charge in [0.15, 0.2) is 0 Å². The number of hydrogen-bond acceptors (Lipinski definition) is 4. The maximum atomic E-state index is 9.63. The summed E-state index contributed by atoms with van der Waals surface area (Å²) in [6.45, 7) is 0. The van der Waals surface area contributed by atoms with Crippen molar-refractivity contribution >= 4 is 0 Å². The minimum absolute atomic E-state index is 0.0660. The molecule has 1 aliphatic heterocycles. The molecule has 11 heavy (non-hydrogen) atoms. The van der Waals surface area contributed by atoms with E-state index in [1.54, 1.807) is 0 Å². The van der Waals surface area contributed by atoms with Crippen LogP contribution in [0.1, 0.15) is 19.3 Å². The highest BCUT2D eigenvalue weighted by Crippen LogP contribution is 2.39. The van der Waals surface area contributed by atoms with Gasteiger partial charge in [-0.25, -0.2) is 0 Å². The van der Waals surface area contributed by atoms with Gasteiger partial charge in [0, 0.05) is 0 Å². The highest BCUT2D eigenvalue weighted by atomic mass is 16.4. The standard InChI is InChI=1S/C7H13NO3/c9-5-4-1-2-7(11,3-4)8-6(5)10/h4-6,8-11H,1-3H2. The van der Waals surface area contributed by atoms with Gasteiger partial charge in [-0.05, 0) is 25.2 Å². The molecule has 0 amide bonds. The molecule has 0 aromatic rings. The molecule has 2 fully saturated rings. The van der Waals surface area contributed by atoms with Crippen molar-refractivity contribution in [3.63, 3.8) is 0 Å². The van der Waals surface area contributed by atoms with Crippen LogP contribution in [0.2, 0.25) is 0 Å². The van der Waals surface area contributed by atoms with Crippen molar-refractivity contribution in [1.29, 1.82) is 0 Å². The van der Waals surface area contributed by atoms with Crippen molar-refractivity contribution in [3.05, 3.63) is 0 Å². The minimum Gasteiger partial charge on any atom is -0.389 e. The van der Waals surface area contributed by atoms with E-state index in [0.717, 1.165) is 6.42 Å². The number of hydrogen-bond donors (Lipinski definition) is 4. The molecule has 4 unspecified atom stereocenters. The molecule has 2 bridgehead atoms. The van der Waals surface area contributed by atoms with Crippen LogP contribution in [-0.4, -0.2) is 33.4 Å². The first-order valence-corrected chi connectivity index (χ1v) is 3.97. The molecule has 64 valence electrons. The van der Waals surface area contributed by atoms with E-state index in [-0.39, 0.29) is 5.92 Å². The summed E-state index contributed by atoms with van der Waals surface area (Å²) in [7, 11) is 0. The van der Waals surface area contributed by atoms with Crippen LogP contribution in [0.4, 0.5) is 0 Å². The van der Waals surface area contributed by atoms with Crippen LogP contribution < -0.4 is 5.32 Å². The highest BCUT2D eigenvalue weighted by Gasteiger charge is 2.48. The second-order valence-corrected chi connectivity index (χ2v) is 3.61. The molecule has 2 aliphatic rings. The summed E-state index contributed by atoms with van der Waals surface area (Å²) in [5, 5.41) is 30.8. The lowest BCUT2D eigenvalue weighted by atomic mass is 9.95. The largest absolute Gasteiger partial charge is 0.389 e. The third kappa shape index (κ3) is 1.06. The summed E-state index contributed by atoms with van der Waals surface area (Å²) in [6, 6.07) is 0.